The maximum Gasteiger partial charge on any atom is 0.232 e. The Morgan fingerprint density at radius 3 is 2.64 bits per heavy atom. The highest BCUT2D eigenvalue weighted by Gasteiger charge is 2.12. The molecule has 1 N–H and O–H groups in total. The summed E-state index contributed by atoms with van der Waals surface area (Å²) in [6, 6.07) is 13.4. The van der Waals surface area contributed by atoms with Gasteiger partial charge in [-0.2, -0.15) is 0 Å². The normalized spacial score (nSPS) is 10.5. The van der Waals surface area contributed by atoms with Crippen molar-refractivity contribution in [2.75, 3.05) is 19.5 Å². The molecule has 0 radical (unpaired) electrons. The fourth-order valence-electron chi connectivity index (χ4n) is 2.51. The Labute approximate surface area is 144 Å². The molecule has 0 aliphatic rings. The van der Waals surface area contributed by atoms with E-state index in [9.17, 15) is 9.59 Å². The minimum Gasteiger partial charge on any atom is -0.497 e. The van der Waals surface area contributed by atoms with E-state index in [1.54, 1.807) is 42.5 Å². The first kappa shape index (κ1) is 16.6. The van der Waals surface area contributed by atoms with Crippen molar-refractivity contribution in [3.63, 3.8) is 0 Å². The Morgan fingerprint density at radius 2 is 1.88 bits per heavy atom. The predicted molar refractivity (Wildman–Crippen MR) is 94.4 cm³/mol. The van der Waals surface area contributed by atoms with E-state index in [1.165, 1.54) is 20.3 Å². The highest BCUT2D eigenvalue weighted by Crippen LogP contribution is 2.29. The number of carbonyl (C=O) groups is 1. The van der Waals surface area contributed by atoms with E-state index in [0.29, 0.717) is 33.9 Å². The van der Waals surface area contributed by atoms with Crippen LogP contribution in [0.15, 0.2) is 57.7 Å². The summed E-state index contributed by atoms with van der Waals surface area (Å²) in [4.78, 5) is 24.4. The maximum absolute atomic E-state index is 12.3. The SMILES string of the molecule is COc1ccc(OC)c(NC(=O)Cc2cc(=O)c3ccccc3o2)c1. The maximum atomic E-state index is 12.3. The molecule has 3 rings (SSSR count). The van der Waals surface area contributed by atoms with Crippen LogP contribution >= 0.6 is 0 Å². The van der Waals surface area contributed by atoms with E-state index in [1.807, 2.05) is 0 Å². The van der Waals surface area contributed by atoms with Crippen LogP contribution in [0, 0.1) is 0 Å². The van der Waals surface area contributed by atoms with E-state index >= 15 is 0 Å². The number of carbonyl (C=O) groups excluding carboxylic acids is 1. The highest BCUT2D eigenvalue weighted by molar-refractivity contribution is 5.93. The molecule has 0 saturated heterocycles. The van der Waals surface area contributed by atoms with Crippen molar-refractivity contribution >= 4 is 22.6 Å². The first-order valence-electron chi connectivity index (χ1n) is 7.64. The van der Waals surface area contributed by atoms with E-state index in [0.717, 1.165) is 0 Å². The number of ether oxygens (including phenoxy) is 2. The lowest BCUT2D eigenvalue weighted by atomic mass is 10.2. The molecular formula is C19H17NO5. The smallest absolute Gasteiger partial charge is 0.232 e. The van der Waals surface area contributed by atoms with Crippen molar-refractivity contribution in [3.8, 4) is 11.5 Å². The minimum atomic E-state index is -0.329. The van der Waals surface area contributed by atoms with Gasteiger partial charge in [-0.05, 0) is 24.3 Å². The zero-order valence-corrected chi connectivity index (χ0v) is 13.9. The summed E-state index contributed by atoms with van der Waals surface area (Å²) in [7, 11) is 3.05. The van der Waals surface area contributed by atoms with Crippen molar-refractivity contribution < 1.29 is 18.7 Å². The standard InChI is InChI=1S/C19H17NO5/c1-23-12-7-8-18(24-2)15(9-12)20-19(22)11-13-10-16(21)14-5-3-4-6-17(14)25-13/h3-10H,11H2,1-2H3,(H,20,22). The Kier molecular flexibility index (Phi) is 4.70. The lowest BCUT2D eigenvalue weighted by molar-refractivity contribution is -0.115. The van der Waals surface area contributed by atoms with E-state index in [-0.39, 0.29) is 17.8 Å². The summed E-state index contributed by atoms with van der Waals surface area (Å²) in [5.41, 5.74) is 0.760. The molecule has 0 unspecified atom stereocenters. The Bertz CT molecular complexity index is 977. The molecule has 0 fully saturated rings. The van der Waals surface area contributed by atoms with Gasteiger partial charge in [-0.15, -0.1) is 0 Å². The van der Waals surface area contributed by atoms with Crippen LogP contribution in [-0.4, -0.2) is 20.1 Å². The van der Waals surface area contributed by atoms with E-state index in [2.05, 4.69) is 5.32 Å². The van der Waals surface area contributed by atoms with Gasteiger partial charge in [0.05, 0.1) is 31.7 Å². The lowest BCUT2D eigenvalue weighted by Gasteiger charge is -2.11. The highest BCUT2D eigenvalue weighted by atomic mass is 16.5. The largest absolute Gasteiger partial charge is 0.497 e. The number of rotatable bonds is 5. The molecule has 1 aromatic heterocycles. The molecule has 1 heterocycles. The van der Waals surface area contributed by atoms with Crippen molar-refractivity contribution in [1.82, 2.24) is 0 Å². The third-order valence-electron chi connectivity index (χ3n) is 3.70. The average molecular weight is 339 g/mol. The van der Waals surface area contributed by atoms with Crippen molar-refractivity contribution in [2.24, 2.45) is 0 Å². The van der Waals surface area contributed by atoms with Gasteiger partial charge in [-0.3, -0.25) is 9.59 Å². The van der Waals surface area contributed by atoms with Crippen molar-refractivity contribution in [3.05, 3.63) is 64.5 Å². The number of hydrogen-bond acceptors (Lipinski definition) is 5. The number of amides is 1. The summed E-state index contributed by atoms with van der Waals surface area (Å²) in [6.45, 7) is 0. The molecule has 25 heavy (non-hydrogen) atoms. The van der Waals surface area contributed by atoms with Gasteiger partial charge in [0.25, 0.3) is 0 Å². The van der Waals surface area contributed by atoms with Gasteiger partial charge in [0, 0.05) is 12.1 Å². The van der Waals surface area contributed by atoms with Crippen LogP contribution in [0.1, 0.15) is 5.76 Å². The number of nitrogens with one attached hydrogen (secondary N) is 1. The molecule has 0 atom stereocenters. The molecule has 3 aromatic rings. The summed E-state index contributed by atoms with van der Waals surface area (Å²) < 4.78 is 16.0. The topological polar surface area (TPSA) is 77.8 Å². The van der Waals surface area contributed by atoms with Crippen LogP contribution in [-0.2, 0) is 11.2 Å². The van der Waals surface area contributed by atoms with E-state index in [4.69, 9.17) is 13.9 Å². The third kappa shape index (κ3) is 3.63. The summed E-state index contributed by atoms with van der Waals surface area (Å²) in [6.07, 6.45) is -0.0690. The van der Waals surface area contributed by atoms with Gasteiger partial charge in [-0.1, -0.05) is 12.1 Å². The van der Waals surface area contributed by atoms with Crippen LogP contribution in [0.4, 0.5) is 5.69 Å². The van der Waals surface area contributed by atoms with E-state index < -0.39 is 0 Å². The number of para-hydroxylation sites is 1. The van der Waals surface area contributed by atoms with Gasteiger partial charge in [0.15, 0.2) is 5.43 Å². The Hall–Kier alpha value is -3.28. The molecule has 128 valence electrons. The number of anilines is 1. The van der Waals surface area contributed by atoms with Gasteiger partial charge < -0.3 is 19.2 Å². The average Bonchev–Trinajstić information content (AvgIpc) is 2.61. The zero-order valence-electron chi connectivity index (χ0n) is 13.9. The van der Waals surface area contributed by atoms with Crippen LogP contribution in [0.2, 0.25) is 0 Å². The van der Waals surface area contributed by atoms with Gasteiger partial charge in [-0.25, -0.2) is 0 Å². The molecule has 6 heteroatoms. The van der Waals surface area contributed by atoms with Crippen LogP contribution < -0.4 is 20.2 Å². The first-order chi connectivity index (χ1) is 12.1. The molecule has 0 bridgehead atoms. The lowest BCUT2D eigenvalue weighted by Crippen LogP contribution is -2.16. The molecular weight excluding hydrogens is 322 g/mol. The number of hydrogen-bond donors (Lipinski definition) is 1. The number of benzene rings is 2. The zero-order chi connectivity index (χ0) is 17.8. The third-order valence-corrected chi connectivity index (χ3v) is 3.70. The van der Waals surface area contributed by atoms with Gasteiger partial charge >= 0.3 is 0 Å². The second kappa shape index (κ2) is 7.09. The molecule has 0 aliphatic carbocycles. The molecule has 0 saturated carbocycles. The quantitative estimate of drug-likeness (QED) is 0.773. The summed E-state index contributed by atoms with van der Waals surface area (Å²) in [5.74, 6) is 1.07. The number of fused-ring (bicyclic) bond motifs is 1. The Morgan fingerprint density at radius 1 is 1.08 bits per heavy atom. The monoisotopic (exact) mass is 339 g/mol. The van der Waals surface area contributed by atoms with Crippen LogP contribution in [0.3, 0.4) is 0 Å². The molecule has 6 nitrogen and oxygen atoms in total. The summed E-state index contributed by atoms with van der Waals surface area (Å²) >= 11 is 0. The summed E-state index contributed by atoms with van der Waals surface area (Å²) in [5, 5.41) is 3.23. The molecule has 2 aromatic carbocycles. The molecule has 0 aliphatic heterocycles. The minimum absolute atomic E-state index is 0.0690. The fourth-order valence-corrected chi connectivity index (χ4v) is 2.51. The molecule has 0 spiro atoms. The Balaban J connectivity index is 1.82. The van der Waals surface area contributed by atoms with Crippen LogP contribution in [0.25, 0.3) is 11.0 Å². The van der Waals surface area contributed by atoms with Gasteiger partial charge in [0.1, 0.15) is 22.8 Å². The first-order valence-corrected chi connectivity index (χ1v) is 7.64. The number of methoxy groups -OCH3 is 2. The molecule has 1 amide bonds. The van der Waals surface area contributed by atoms with Gasteiger partial charge in [0.2, 0.25) is 5.91 Å². The predicted octanol–water partition coefficient (Wildman–Crippen LogP) is 2.99. The second-order valence-corrected chi connectivity index (χ2v) is 5.36. The van der Waals surface area contributed by atoms with Crippen molar-refractivity contribution in [2.45, 2.75) is 6.42 Å². The fraction of sp³-hybridized carbons (Fsp3) is 0.158. The second-order valence-electron chi connectivity index (χ2n) is 5.36. The van der Waals surface area contributed by atoms with Crippen molar-refractivity contribution in [1.29, 1.82) is 0 Å². The van der Waals surface area contributed by atoms with Crippen LogP contribution in [0.5, 0.6) is 11.5 Å².